The third-order valence-corrected chi connectivity index (χ3v) is 4.94. The van der Waals surface area contributed by atoms with E-state index in [9.17, 15) is 0 Å². The molecule has 0 aliphatic heterocycles. The summed E-state index contributed by atoms with van der Waals surface area (Å²) in [5.41, 5.74) is 7.76. The number of nitrogens with one attached hydrogen (secondary N) is 1. The van der Waals surface area contributed by atoms with Gasteiger partial charge in [0.1, 0.15) is 5.84 Å². The second-order valence-corrected chi connectivity index (χ2v) is 7.03. The summed E-state index contributed by atoms with van der Waals surface area (Å²) in [5.74, 6) is 2.28. The molecule has 0 aliphatic rings. The van der Waals surface area contributed by atoms with E-state index < -0.39 is 0 Å². The maximum absolute atomic E-state index is 7.90. The second-order valence-electron chi connectivity index (χ2n) is 4.74. The highest BCUT2D eigenvalue weighted by Crippen LogP contribution is 2.31. The molecule has 0 aromatic heterocycles. The molecule has 0 bridgehead atoms. The molecule has 0 radical (unpaired) electrons. The van der Waals surface area contributed by atoms with Gasteiger partial charge in [0.2, 0.25) is 0 Å². The van der Waals surface area contributed by atoms with Crippen LogP contribution in [0.15, 0.2) is 23.1 Å². The van der Waals surface area contributed by atoms with Crippen LogP contribution in [-0.4, -0.2) is 36.7 Å². The summed E-state index contributed by atoms with van der Waals surface area (Å²) >= 11 is 3.61. The molecule has 0 aliphatic carbocycles. The molecule has 0 heterocycles. The average molecular weight is 312 g/mol. The van der Waals surface area contributed by atoms with Gasteiger partial charge in [-0.25, -0.2) is 0 Å². The molecular formula is C15H25N3S2. The molecule has 0 spiro atoms. The third-order valence-electron chi connectivity index (χ3n) is 3.35. The molecule has 1 unspecified atom stereocenters. The van der Waals surface area contributed by atoms with E-state index in [1.54, 1.807) is 11.8 Å². The van der Waals surface area contributed by atoms with E-state index in [2.05, 4.69) is 50.2 Å². The first kappa shape index (κ1) is 17.2. The van der Waals surface area contributed by atoms with E-state index in [-0.39, 0.29) is 5.84 Å². The summed E-state index contributed by atoms with van der Waals surface area (Å²) in [7, 11) is 2.09. The van der Waals surface area contributed by atoms with Crippen LogP contribution >= 0.6 is 23.5 Å². The summed E-state index contributed by atoms with van der Waals surface area (Å²) < 4.78 is 0. The summed E-state index contributed by atoms with van der Waals surface area (Å²) in [4.78, 5) is 3.34. The molecule has 1 aromatic carbocycles. The first-order valence-corrected chi connectivity index (χ1v) is 9.22. The quantitative estimate of drug-likeness (QED) is 0.437. The van der Waals surface area contributed by atoms with Crippen molar-refractivity contribution in [3.8, 4) is 0 Å². The highest BCUT2D eigenvalue weighted by atomic mass is 32.2. The maximum atomic E-state index is 7.90. The zero-order valence-corrected chi connectivity index (χ0v) is 14.4. The molecule has 0 fully saturated rings. The van der Waals surface area contributed by atoms with E-state index in [1.807, 2.05) is 11.8 Å². The standard InChI is InChI=1S/C15H25N3S2/c1-5-20-13-8-6-7-12(14(13)15(16)17)18(3)11(2)9-10-19-4/h6-8,11H,5,9-10H2,1-4H3,(H3,16,17). The Labute approximate surface area is 131 Å². The Morgan fingerprint density at radius 1 is 1.45 bits per heavy atom. The van der Waals surface area contributed by atoms with Gasteiger partial charge in [-0.3, -0.25) is 5.41 Å². The van der Waals surface area contributed by atoms with Crippen LogP contribution in [0.25, 0.3) is 0 Å². The number of nitrogen functional groups attached to an aromatic ring is 1. The minimum atomic E-state index is 0.153. The van der Waals surface area contributed by atoms with Crippen molar-refractivity contribution in [2.75, 3.05) is 29.7 Å². The van der Waals surface area contributed by atoms with Crippen LogP contribution in [0.1, 0.15) is 25.8 Å². The molecule has 112 valence electrons. The van der Waals surface area contributed by atoms with E-state index in [0.29, 0.717) is 6.04 Å². The average Bonchev–Trinajstić information content (AvgIpc) is 2.43. The fraction of sp³-hybridized carbons (Fsp3) is 0.533. The number of rotatable bonds is 8. The monoisotopic (exact) mass is 311 g/mol. The van der Waals surface area contributed by atoms with Gasteiger partial charge < -0.3 is 10.6 Å². The summed E-state index contributed by atoms with van der Waals surface area (Å²) in [6.07, 6.45) is 3.26. The molecule has 1 atom stereocenters. The lowest BCUT2D eigenvalue weighted by molar-refractivity contribution is 0.668. The van der Waals surface area contributed by atoms with Crippen LogP contribution in [-0.2, 0) is 0 Å². The molecule has 3 N–H and O–H groups in total. The first-order chi connectivity index (χ1) is 9.52. The number of nitrogens with two attached hydrogens (primary N) is 1. The predicted octanol–water partition coefficient (Wildman–Crippen LogP) is 3.66. The minimum Gasteiger partial charge on any atom is -0.384 e. The van der Waals surface area contributed by atoms with Gasteiger partial charge in [-0.15, -0.1) is 11.8 Å². The van der Waals surface area contributed by atoms with E-state index in [0.717, 1.165) is 34.1 Å². The number of hydrogen-bond acceptors (Lipinski definition) is 4. The van der Waals surface area contributed by atoms with Gasteiger partial charge in [-0.1, -0.05) is 13.0 Å². The molecule has 20 heavy (non-hydrogen) atoms. The zero-order chi connectivity index (χ0) is 15.1. The molecule has 1 rings (SSSR count). The van der Waals surface area contributed by atoms with Gasteiger partial charge in [-0.2, -0.15) is 11.8 Å². The molecule has 0 saturated carbocycles. The van der Waals surface area contributed by atoms with Crippen molar-refractivity contribution >= 4 is 35.0 Å². The summed E-state index contributed by atoms with van der Waals surface area (Å²) in [6, 6.07) is 6.60. The molecular weight excluding hydrogens is 286 g/mol. The Hall–Kier alpha value is -0.810. The Bertz CT molecular complexity index is 449. The van der Waals surface area contributed by atoms with Crippen LogP contribution in [0.4, 0.5) is 5.69 Å². The van der Waals surface area contributed by atoms with Gasteiger partial charge in [0.05, 0.1) is 5.56 Å². The predicted molar refractivity (Wildman–Crippen MR) is 94.7 cm³/mol. The normalized spacial score (nSPS) is 12.2. The topological polar surface area (TPSA) is 53.1 Å². The van der Waals surface area contributed by atoms with Gasteiger partial charge in [0.25, 0.3) is 0 Å². The van der Waals surface area contributed by atoms with E-state index in [1.165, 1.54) is 0 Å². The van der Waals surface area contributed by atoms with Crippen LogP contribution in [0.5, 0.6) is 0 Å². The smallest absolute Gasteiger partial charge is 0.126 e. The van der Waals surface area contributed by atoms with Crippen molar-refractivity contribution in [2.45, 2.75) is 31.2 Å². The Morgan fingerprint density at radius 3 is 2.70 bits per heavy atom. The third kappa shape index (κ3) is 4.35. The number of amidine groups is 1. The van der Waals surface area contributed by atoms with Gasteiger partial charge in [0, 0.05) is 23.7 Å². The highest BCUT2D eigenvalue weighted by Gasteiger charge is 2.17. The van der Waals surface area contributed by atoms with Crippen LogP contribution in [0, 0.1) is 5.41 Å². The number of nitrogens with zero attached hydrogens (tertiary/aromatic N) is 1. The lowest BCUT2D eigenvalue weighted by Crippen LogP contribution is -2.31. The maximum Gasteiger partial charge on any atom is 0.126 e. The van der Waals surface area contributed by atoms with E-state index >= 15 is 0 Å². The van der Waals surface area contributed by atoms with Gasteiger partial charge in [0.15, 0.2) is 0 Å². The zero-order valence-electron chi connectivity index (χ0n) is 12.8. The van der Waals surface area contributed by atoms with E-state index in [4.69, 9.17) is 11.1 Å². The van der Waals surface area contributed by atoms with Crippen LogP contribution < -0.4 is 10.6 Å². The number of anilines is 1. The van der Waals surface area contributed by atoms with Gasteiger partial charge in [-0.05, 0) is 43.2 Å². The number of thioether (sulfide) groups is 2. The molecule has 3 nitrogen and oxygen atoms in total. The molecule has 0 saturated heterocycles. The minimum absolute atomic E-state index is 0.153. The lowest BCUT2D eigenvalue weighted by Gasteiger charge is -2.29. The Morgan fingerprint density at radius 2 is 2.15 bits per heavy atom. The summed E-state index contributed by atoms with van der Waals surface area (Å²) in [5, 5.41) is 7.90. The molecule has 5 heteroatoms. The SMILES string of the molecule is CCSc1cccc(N(C)C(C)CCSC)c1C(=N)N. The number of benzene rings is 1. The Kier molecular flexibility index (Phi) is 7.30. The number of hydrogen-bond donors (Lipinski definition) is 2. The van der Waals surface area contributed by atoms with Crippen LogP contribution in [0.3, 0.4) is 0 Å². The first-order valence-electron chi connectivity index (χ1n) is 6.84. The second kappa shape index (κ2) is 8.47. The van der Waals surface area contributed by atoms with Crippen molar-refractivity contribution in [1.82, 2.24) is 0 Å². The van der Waals surface area contributed by atoms with Crippen molar-refractivity contribution in [2.24, 2.45) is 5.73 Å². The van der Waals surface area contributed by atoms with Crippen LogP contribution in [0.2, 0.25) is 0 Å². The largest absolute Gasteiger partial charge is 0.384 e. The van der Waals surface area contributed by atoms with Gasteiger partial charge >= 0.3 is 0 Å². The molecule has 1 aromatic rings. The fourth-order valence-electron chi connectivity index (χ4n) is 2.08. The van der Waals surface area contributed by atoms with Crippen molar-refractivity contribution < 1.29 is 0 Å². The Balaban J connectivity index is 3.09. The van der Waals surface area contributed by atoms with Crippen molar-refractivity contribution in [3.63, 3.8) is 0 Å². The van der Waals surface area contributed by atoms with Crippen molar-refractivity contribution in [1.29, 1.82) is 5.41 Å². The highest BCUT2D eigenvalue weighted by molar-refractivity contribution is 7.99. The molecule has 0 amide bonds. The summed E-state index contributed by atoms with van der Waals surface area (Å²) in [6.45, 7) is 4.34. The lowest BCUT2D eigenvalue weighted by atomic mass is 10.1. The van der Waals surface area contributed by atoms with Crippen molar-refractivity contribution in [3.05, 3.63) is 23.8 Å². The fourth-order valence-corrected chi connectivity index (χ4v) is 3.50.